The molecule has 1 unspecified atom stereocenters. The van der Waals surface area contributed by atoms with E-state index in [0.717, 1.165) is 17.7 Å². The Bertz CT molecular complexity index is 591. The molecule has 0 aromatic heterocycles. The number of hydrogen-bond donors (Lipinski definition) is 3. The zero-order valence-corrected chi connectivity index (χ0v) is 15.0. The van der Waals surface area contributed by atoms with Crippen molar-refractivity contribution in [1.29, 1.82) is 0 Å². The van der Waals surface area contributed by atoms with Gasteiger partial charge in [0, 0.05) is 25.2 Å². The summed E-state index contributed by atoms with van der Waals surface area (Å²) in [6.07, 6.45) is 1.03. The highest BCUT2D eigenvalue weighted by Gasteiger charge is 2.31. The van der Waals surface area contributed by atoms with Crippen LogP contribution in [0.1, 0.15) is 32.3 Å². The van der Waals surface area contributed by atoms with Crippen molar-refractivity contribution < 1.29 is 14.3 Å². The maximum Gasteiger partial charge on any atom is 0.237 e. The summed E-state index contributed by atoms with van der Waals surface area (Å²) in [7, 11) is 0. The van der Waals surface area contributed by atoms with Gasteiger partial charge in [0.25, 0.3) is 0 Å². The van der Waals surface area contributed by atoms with Crippen LogP contribution in [0.25, 0.3) is 0 Å². The molecule has 0 bridgehead atoms. The third kappa shape index (κ3) is 5.72. The fourth-order valence-corrected chi connectivity index (χ4v) is 2.81. The smallest absolute Gasteiger partial charge is 0.237 e. The first kappa shape index (κ1) is 19.2. The van der Waals surface area contributed by atoms with E-state index >= 15 is 0 Å². The number of para-hydroxylation sites is 1. The summed E-state index contributed by atoms with van der Waals surface area (Å²) in [6, 6.07) is 7.31. The number of nitrogens with two attached hydrogens (primary N) is 1. The molecule has 2 rings (SSSR count). The normalized spacial score (nSPS) is 18.1. The fourth-order valence-electron chi connectivity index (χ4n) is 2.81. The Balaban J connectivity index is 2.08. The second-order valence-corrected chi connectivity index (χ2v) is 6.69. The molecule has 1 aliphatic rings. The average molecular weight is 348 g/mol. The summed E-state index contributed by atoms with van der Waals surface area (Å²) in [4.78, 5) is 25.8. The van der Waals surface area contributed by atoms with Crippen LogP contribution in [-0.4, -0.2) is 42.5 Å². The van der Waals surface area contributed by atoms with E-state index in [1.807, 2.05) is 29.2 Å². The minimum Gasteiger partial charge on any atom is -0.493 e. The highest BCUT2D eigenvalue weighted by atomic mass is 16.5. The lowest BCUT2D eigenvalue weighted by atomic mass is 10.1. The van der Waals surface area contributed by atoms with Crippen LogP contribution in [0.4, 0.5) is 0 Å². The van der Waals surface area contributed by atoms with E-state index in [0.29, 0.717) is 32.2 Å². The molecule has 0 spiro atoms. The zero-order valence-electron chi connectivity index (χ0n) is 15.0. The molecule has 7 heteroatoms. The van der Waals surface area contributed by atoms with Gasteiger partial charge in [-0.15, -0.1) is 0 Å². The van der Waals surface area contributed by atoms with Gasteiger partial charge in [-0.1, -0.05) is 32.0 Å². The lowest BCUT2D eigenvalue weighted by Gasteiger charge is -2.34. The van der Waals surface area contributed by atoms with Crippen molar-refractivity contribution in [3.8, 4) is 5.75 Å². The van der Waals surface area contributed by atoms with Crippen LogP contribution in [0.5, 0.6) is 5.75 Å². The molecular weight excluding hydrogens is 320 g/mol. The predicted octanol–water partition coefficient (Wildman–Crippen LogP) is 0.792. The lowest BCUT2D eigenvalue weighted by Crippen LogP contribution is -2.56. The van der Waals surface area contributed by atoms with Gasteiger partial charge in [-0.2, -0.15) is 0 Å². The van der Waals surface area contributed by atoms with Crippen molar-refractivity contribution in [2.75, 3.05) is 19.7 Å². The standard InChI is InChI=1S/C18H28N4O3/c1-13(2)7-10-25-16-6-4-3-5-14(16)12-22-9-8-20-18(24)15(22)11-17(23)21-19/h3-6,13,15H,7-12,19H2,1-2H3,(H,20,24)(H,21,23). The Kier molecular flexibility index (Phi) is 7.21. The largest absolute Gasteiger partial charge is 0.493 e. The first-order chi connectivity index (χ1) is 12.0. The van der Waals surface area contributed by atoms with Crippen molar-refractivity contribution in [2.45, 2.75) is 39.3 Å². The van der Waals surface area contributed by atoms with Gasteiger partial charge in [-0.3, -0.25) is 19.9 Å². The Morgan fingerprint density at radius 3 is 2.92 bits per heavy atom. The number of ether oxygens (including phenoxy) is 1. The van der Waals surface area contributed by atoms with Crippen LogP contribution >= 0.6 is 0 Å². The molecule has 1 aromatic carbocycles. The van der Waals surface area contributed by atoms with Crippen molar-refractivity contribution in [3.05, 3.63) is 29.8 Å². The number of nitrogens with zero attached hydrogens (tertiary/aromatic N) is 1. The van der Waals surface area contributed by atoms with Crippen molar-refractivity contribution in [1.82, 2.24) is 15.6 Å². The monoisotopic (exact) mass is 348 g/mol. The number of nitrogens with one attached hydrogen (secondary N) is 2. The van der Waals surface area contributed by atoms with Crippen LogP contribution in [0, 0.1) is 5.92 Å². The zero-order chi connectivity index (χ0) is 18.2. The molecule has 0 aliphatic carbocycles. The van der Waals surface area contributed by atoms with Gasteiger partial charge in [0.1, 0.15) is 5.75 Å². The van der Waals surface area contributed by atoms with Crippen LogP contribution in [0.3, 0.4) is 0 Å². The van der Waals surface area contributed by atoms with Crippen LogP contribution in [0.2, 0.25) is 0 Å². The Morgan fingerprint density at radius 2 is 2.20 bits per heavy atom. The van der Waals surface area contributed by atoms with Gasteiger partial charge < -0.3 is 10.1 Å². The number of benzene rings is 1. The van der Waals surface area contributed by atoms with Gasteiger partial charge in [-0.25, -0.2) is 5.84 Å². The maximum atomic E-state index is 12.2. The number of hydrogen-bond acceptors (Lipinski definition) is 5. The molecule has 1 atom stereocenters. The number of carbonyl (C=O) groups is 2. The molecule has 1 aliphatic heterocycles. The molecule has 0 saturated carbocycles. The molecule has 138 valence electrons. The number of piperazine rings is 1. The first-order valence-electron chi connectivity index (χ1n) is 8.73. The maximum absolute atomic E-state index is 12.2. The Labute approximate surface area is 148 Å². The number of amides is 2. The van der Waals surface area contributed by atoms with Gasteiger partial charge in [0.05, 0.1) is 19.1 Å². The quantitative estimate of drug-likeness (QED) is 0.367. The predicted molar refractivity (Wildman–Crippen MR) is 95.5 cm³/mol. The van der Waals surface area contributed by atoms with Gasteiger partial charge in [-0.05, 0) is 18.4 Å². The molecule has 2 amide bonds. The highest BCUT2D eigenvalue weighted by Crippen LogP contribution is 2.23. The number of rotatable bonds is 8. The third-order valence-electron chi connectivity index (χ3n) is 4.28. The Hall–Kier alpha value is -2.12. The topological polar surface area (TPSA) is 96.7 Å². The van der Waals surface area contributed by atoms with Crippen molar-refractivity contribution in [3.63, 3.8) is 0 Å². The van der Waals surface area contributed by atoms with E-state index in [1.165, 1.54) is 0 Å². The van der Waals surface area contributed by atoms with Crippen molar-refractivity contribution >= 4 is 11.8 Å². The molecule has 7 nitrogen and oxygen atoms in total. The van der Waals surface area contributed by atoms with Crippen LogP contribution in [-0.2, 0) is 16.1 Å². The molecular formula is C18H28N4O3. The third-order valence-corrected chi connectivity index (χ3v) is 4.28. The molecule has 1 saturated heterocycles. The molecule has 0 radical (unpaired) electrons. The Morgan fingerprint density at radius 1 is 1.44 bits per heavy atom. The summed E-state index contributed by atoms with van der Waals surface area (Å²) in [5.41, 5.74) is 3.11. The highest BCUT2D eigenvalue weighted by molar-refractivity contribution is 5.88. The second-order valence-electron chi connectivity index (χ2n) is 6.69. The van der Waals surface area contributed by atoms with Gasteiger partial charge in [0.2, 0.25) is 11.8 Å². The summed E-state index contributed by atoms with van der Waals surface area (Å²) >= 11 is 0. The lowest BCUT2D eigenvalue weighted by molar-refractivity contribution is -0.134. The van der Waals surface area contributed by atoms with Crippen LogP contribution in [0.15, 0.2) is 24.3 Å². The number of hydrazine groups is 1. The average Bonchev–Trinajstić information content (AvgIpc) is 2.59. The minimum atomic E-state index is -0.527. The van der Waals surface area contributed by atoms with Crippen molar-refractivity contribution in [2.24, 2.45) is 11.8 Å². The second kappa shape index (κ2) is 9.39. The summed E-state index contributed by atoms with van der Waals surface area (Å²) in [5, 5.41) is 2.81. The van der Waals surface area contributed by atoms with Gasteiger partial charge in [0.15, 0.2) is 0 Å². The van der Waals surface area contributed by atoms with E-state index in [-0.39, 0.29) is 18.2 Å². The number of carbonyl (C=O) groups excluding carboxylic acids is 2. The summed E-state index contributed by atoms with van der Waals surface area (Å²) < 4.78 is 5.93. The van der Waals surface area contributed by atoms with E-state index in [4.69, 9.17) is 10.6 Å². The first-order valence-corrected chi connectivity index (χ1v) is 8.73. The molecule has 1 heterocycles. The summed E-state index contributed by atoms with van der Waals surface area (Å²) in [6.45, 7) is 6.77. The SMILES string of the molecule is CC(C)CCOc1ccccc1CN1CCNC(=O)C1CC(=O)NN. The van der Waals surface area contributed by atoms with E-state index in [1.54, 1.807) is 0 Å². The molecule has 25 heavy (non-hydrogen) atoms. The molecule has 1 fully saturated rings. The van der Waals surface area contributed by atoms with Crippen LogP contribution < -0.4 is 21.3 Å². The minimum absolute atomic E-state index is 0.0404. The summed E-state index contributed by atoms with van der Waals surface area (Å²) in [5.74, 6) is 6.08. The van der Waals surface area contributed by atoms with E-state index < -0.39 is 6.04 Å². The van der Waals surface area contributed by atoms with E-state index in [2.05, 4.69) is 24.6 Å². The molecule has 1 aromatic rings. The fraction of sp³-hybridized carbons (Fsp3) is 0.556. The van der Waals surface area contributed by atoms with Gasteiger partial charge >= 0.3 is 0 Å². The van der Waals surface area contributed by atoms with E-state index in [9.17, 15) is 9.59 Å². The molecule has 4 N–H and O–H groups in total.